The highest BCUT2D eigenvalue weighted by atomic mass is 32.2. The number of ether oxygens (including phenoxy) is 1. The van der Waals surface area contributed by atoms with E-state index in [4.69, 9.17) is 0 Å². The van der Waals surface area contributed by atoms with Crippen molar-refractivity contribution in [3.05, 3.63) is 23.0 Å². The normalized spacial score (nSPS) is 7.67. The van der Waals surface area contributed by atoms with Gasteiger partial charge in [0.25, 0.3) is 0 Å². The molecule has 2 nitrogen and oxygen atoms in total. The van der Waals surface area contributed by atoms with Crippen molar-refractivity contribution in [3.8, 4) is 0 Å². The second-order valence-corrected chi connectivity index (χ2v) is 3.11. The molecule has 0 aliphatic rings. The lowest BCUT2D eigenvalue weighted by Gasteiger charge is -2.00. The SMILES string of the molecule is C=C(C)SC(=C)C(=O)OC.CC. The van der Waals surface area contributed by atoms with E-state index in [-0.39, 0.29) is 0 Å². The number of esters is 1. The van der Waals surface area contributed by atoms with Gasteiger partial charge in [-0.1, -0.05) is 38.8 Å². The van der Waals surface area contributed by atoms with E-state index < -0.39 is 5.97 Å². The van der Waals surface area contributed by atoms with Crippen LogP contribution in [0.25, 0.3) is 0 Å². The molecule has 0 aromatic rings. The fourth-order valence-electron chi connectivity index (χ4n) is 0.366. The summed E-state index contributed by atoms with van der Waals surface area (Å²) in [6.45, 7) is 12.9. The van der Waals surface area contributed by atoms with Crippen LogP contribution in [0.3, 0.4) is 0 Å². The summed E-state index contributed by atoms with van der Waals surface area (Å²) in [5.74, 6) is -0.395. The molecule has 0 heterocycles. The second-order valence-electron chi connectivity index (χ2n) is 1.72. The summed E-state index contributed by atoms with van der Waals surface area (Å²) in [5, 5.41) is 0. The van der Waals surface area contributed by atoms with Gasteiger partial charge in [-0.25, -0.2) is 4.79 Å². The molecule has 0 fully saturated rings. The Morgan fingerprint density at radius 1 is 1.33 bits per heavy atom. The molecule has 0 rings (SSSR count). The summed E-state index contributed by atoms with van der Waals surface area (Å²) in [6.07, 6.45) is 0. The Balaban J connectivity index is 0. The first-order valence-corrected chi connectivity index (χ1v) is 4.50. The molecule has 0 aromatic heterocycles. The Bertz CT molecular complexity index is 173. The third-order valence-corrected chi connectivity index (χ3v) is 1.47. The molecule has 0 radical (unpaired) electrons. The average Bonchev–Trinajstić information content (AvgIpc) is 2.05. The maximum atomic E-state index is 10.7. The number of methoxy groups -OCH3 is 1. The Labute approximate surface area is 78.7 Å². The van der Waals surface area contributed by atoms with Gasteiger partial charge < -0.3 is 4.74 Å². The third-order valence-electron chi connectivity index (χ3n) is 0.710. The molecule has 0 saturated heterocycles. The fourth-order valence-corrected chi connectivity index (χ4v) is 0.953. The minimum absolute atomic E-state index is 0.370. The van der Waals surface area contributed by atoms with Crippen LogP contribution in [0.1, 0.15) is 20.8 Å². The number of thioether (sulfide) groups is 1. The van der Waals surface area contributed by atoms with Crippen LogP contribution in [-0.4, -0.2) is 13.1 Å². The van der Waals surface area contributed by atoms with E-state index in [1.54, 1.807) is 6.92 Å². The van der Waals surface area contributed by atoms with Crippen molar-refractivity contribution in [2.24, 2.45) is 0 Å². The zero-order valence-corrected chi connectivity index (χ0v) is 8.96. The zero-order valence-electron chi connectivity index (χ0n) is 8.14. The standard InChI is InChI=1S/C7H10O2S.C2H6/c1-5(2)10-6(3)7(8)9-4;1-2/h1,3H2,2,4H3;1-2H3. The van der Waals surface area contributed by atoms with Gasteiger partial charge in [0.1, 0.15) is 0 Å². The number of carbonyl (C=O) groups excluding carboxylic acids is 1. The maximum absolute atomic E-state index is 10.7. The molecule has 3 heteroatoms. The zero-order chi connectivity index (χ0) is 10.1. The minimum Gasteiger partial charge on any atom is -0.465 e. The molecule has 0 unspecified atom stereocenters. The van der Waals surface area contributed by atoms with E-state index in [1.807, 2.05) is 13.8 Å². The summed E-state index contributed by atoms with van der Waals surface area (Å²) in [7, 11) is 1.33. The van der Waals surface area contributed by atoms with Crippen LogP contribution in [0.5, 0.6) is 0 Å². The quantitative estimate of drug-likeness (QED) is 0.503. The largest absolute Gasteiger partial charge is 0.465 e. The average molecular weight is 188 g/mol. The highest BCUT2D eigenvalue weighted by Crippen LogP contribution is 2.21. The third kappa shape index (κ3) is 7.41. The van der Waals surface area contributed by atoms with Gasteiger partial charge in [-0.15, -0.1) is 0 Å². The first kappa shape index (κ1) is 13.9. The lowest BCUT2D eigenvalue weighted by Crippen LogP contribution is -1.99. The molecule has 0 atom stereocenters. The van der Waals surface area contributed by atoms with Gasteiger partial charge in [0.15, 0.2) is 0 Å². The Kier molecular flexibility index (Phi) is 9.70. The number of allylic oxidation sites excluding steroid dienone is 1. The van der Waals surface area contributed by atoms with Crippen molar-refractivity contribution in [3.63, 3.8) is 0 Å². The molecule has 0 aromatic carbocycles. The van der Waals surface area contributed by atoms with Crippen LogP contribution >= 0.6 is 11.8 Å². The van der Waals surface area contributed by atoms with Gasteiger partial charge in [0, 0.05) is 0 Å². The first-order chi connectivity index (χ1) is 5.57. The van der Waals surface area contributed by atoms with Crippen LogP contribution < -0.4 is 0 Å². The molecule has 12 heavy (non-hydrogen) atoms. The van der Waals surface area contributed by atoms with E-state index in [9.17, 15) is 4.79 Å². The molecule has 0 bridgehead atoms. The Hall–Kier alpha value is -0.700. The van der Waals surface area contributed by atoms with Crippen LogP contribution in [0.4, 0.5) is 0 Å². The van der Waals surface area contributed by atoms with Gasteiger partial charge >= 0.3 is 5.97 Å². The van der Waals surface area contributed by atoms with Crippen molar-refractivity contribution in [2.45, 2.75) is 20.8 Å². The summed E-state index contributed by atoms with van der Waals surface area (Å²) in [6, 6.07) is 0. The predicted molar refractivity (Wildman–Crippen MR) is 54.9 cm³/mol. The minimum atomic E-state index is -0.395. The van der Waals surface area contributed by atoms with E-state index in [1.165, 1.54) is 18.9 Å². The molecule has 0 spiro atoms. The van der Waals surface area contributed by atoms with Crippen molar-refractivity contribution in [1.82, 2.24) is 0 Å². The molecule has 0 saturated carbocycles. The van der Waals surface area contributed by atoms with Gasteiger partial charge in [0.2, 0.25) is 0 Å². The first-order valence-electron chi connectivity index (χ1n) is 3.68. The van der Waals surface area contributed by atoms with E-state index in [2.05, 4.69) is 17.9 Å². The van der Waals surface area contributed by atoms with Crippen molar-refractivity contribution >= 4 is 17.7 Å². The molecule has 0 aliphatic carbocycles. The van der Waals surface area contributed by atoms with Crippen molar-refractivity contribution in [1.29, 1.82) is 0 Å². The topological polar surface area (TPSA) is 26.3 Å². The summed E-state index contributed by atoms with van der Waals surface area (Å²) in [5.41, 5.74) is 0. The summed E-state index contributed by atoms with van der Waals surface area (Å²) < 4.78 is 4.41. The van der Waals surface area contributed by atoms with E-state index >= 15 is 0 Å². The number of rotatable bonds is 3. The van der Waals surface area contributed by atoms with Gasteiger partial charge in [-0.3, -0.25) is 0 Å². The predicted octanol–water partition coefficient (Wildman–Crippen LogP) is 2.97. The van der Waals surface area contributed by atoms with E-state index in [0.717, 1.165) is 4.91 Å². The van der Waals surface area contributed by atoms with Crippen LogP contribution in [0, 0.1) is 0 Å². The lowest BCUT2D eigenvalue weighted by atomic mass is 10.6. The number of hydrogen-bond donors (Lipinski definition) is 0. The number of hydrogen-bond acceptors (Lipinski definition) is 3. The smallest absolute Gasteiger partial charge is 0.344 e. The summed E-state index contributed by atoms with van der Waals surface area (Å²) in [4.78, 5) is 11.9. The second kappa shape index (κ2) is 8.40. The van der Waals surface area contributed by atoms with Crippen LogP contribution in [0.15, 0.2) is 23.0 Å². The Morgan fingerprint density at radius 3 is 2.00 bits per heavy atom. The molecular weight excluding hydrogens is 172 g/mol. The molecule has 0 N–H and O–H groups in total. The monoisotopic (exact) mass is 188 g/mol. The van der Waals surface area contributed by atoms with Gasteiger partial charge in [0.05, 0.1) is 12.0 Å². The van der Waals surface area contributed by atoms with Gasteiger partial charge in [-0.05, 0) is 11.8 Å². The lowest BCUT2D eigenvalue weighted by molar-refractivity contribution is -0.135. The van der Waals surface area contributed by atoms with Crippen LogP contribution in [0.2, 0.25) is 0 Å². The summed E-state index contributed by atoms with van der Waals surface area (Å²) >= 11 is 1.22. The molecule has 70 valence electrons. The highest BCUT2D eigenvalue weighted by molar-refractivity contribution is 8.07. The number of carbonyl (C=O) groups is 1. The van der Waals surface area contributed by atoms with Crippen molar-refractivity contribution < 1.29 is 9.53 Å². The maximum Gasteiger partial charge on any atom is 0.344 e. The Morgan fingerprint density at radius 2 is 1.75 bits per heavy atom. The molecular formula is C9H16O2S. The van der Waals surface area contributed by atoms with E-state index in [0.29, 0.717) is 4.91 Å². The van der Waals surface area contributed by atoms with Gasteiger partial charge in [-0.2, -0.15) is 0 Å². The molecule has 0 aliphatic heterocycles. The molecule has 0 amide bonds. The highest BCUT2D eigenvalue weighted by Gasteiger charge is 2.05. The van der Waals surface area contributed by atoms with Crippen molar-refractivity contribution in [2.75, 3.05) is 7.11 Å². The fraction of sp³-hybridized carbons (Fsp3) is 0.444. The van der Waals surface area contributed by atoms with Crippen LogP contribution in [-0.2, 0) is 9.53 Å².